The van der Waals surface area contributed by atoms with Gasteiger partial charge in [0.2, 0.25) is 0 Å². The van der Waals surface area contributed by atoms with Crippen molar-refractivity contribution in [3.63, 3.8) is 0 Å². The van der Waals surface area contributed by atoms with Crippen LogP contribution < -0.4 is 9.47 Å². The molecule has 0 aliphatic rings. The van der Waals surface area contributed by atoms with E-state index in [0.29, 0.717) is 34.1 Å². The van der Waals surface area contributed by atoms with Gasteiger partial charge in [0.05, 0.1) is 18.4 Å². The normalized spacial score (nSPS) is 10.5. The average molecular weight is 344 g/mol. The Morgan fingerprint density at radius 2 is 1.73 bits per heavy atom. The molecule has 5 heteroatoms. The molecule has 0 fully saturated rings. The van der Waals surface area contributed by atoms with Gasteiger partial charge >= 0.3 is 0 Å². The zero-order valence-electron chi connectivity index (χ0n) is 14.1. The maximum atomic E-state index is 9.94. The Bertz CT molecular complexity index is 973. The number of nitrogens with zero attached hydrogens (tertiary/aromatic N) is 2. The monoisotopic (exact) mass is 344 g/mol. The third kappa shape index (κ3) is 4.00. The molecule has 0 aliphatic heterocycles. The Morgan fingerprint density at radius 1 is 1.00 bits per heavy atom. The number of phenolic OH excluding ortho intramolecular Hbond substituents is 1. The zero-order chi connectivity index (χ0) is 18.4. The Hall–Kier alpha value is -3.78. The molecule has 0 bridgehead atoms. The van der Waals surface area contributed by atoms with E-state index in [9.17, 15) is 5.11 Å². The molecule has 0 unspecified atom stereocenters. The molecule has 3 rings (SSSR count). The number of hydrogen-bond donors (Lipinski definition) is 1. The van der Waals surface area contributed by atoms with Crippen LogP contribution in [0.25, 0.3) is 0 Å². The summed E-state index contributed by atoms with van der Waals surface area (Å²) in [5.41, 5.74) is 1.78. The Morgan fingerprint density at radius 3 is 2.42 bits per heavy atom. The van der Waals surface area contributed by atoms with Gasteiger partial charge in [0, 0.05) is 17.8 Å². The summed E-state index contributed by atoms with van der Waals surface area (Å²) in [5, 5.41) is 19.0. The molecule has 1 N–H and O–H groups in total. The summed E-state index contributed by atoms with van der Waals surface area (Å²) < 4.78 is 10.8. The van der Waals surface area contributed by atoms with Gasteiger partial charge in [-0.1, -0.05) is 12.1 Å². The highest BCUT2D eigenvalue weighted by Gasteiger charge is 2.04. The van der Waals surface area contributed by atoms with Crippen molar-refractivity contribution in [1.82, 2.24) is 0 Å². The van der Waals surface area contributed by atoms with Crippen LogP contribution in [-0.2, 0) is 0 Å². The van der Waals surface area contributed by atoms with E-state index < -0.39 is 0 Å². The number of hydrogen-bond acceptors (Lipinski definition) is 5. The highest BCUT2D eigenvalue weighted by molar-refractivity contribution is 5.85. The van der Waals surface area contributed by atoms with Crippen LogP contribution in [0.4, 0.5) is 5.69 Å². The van der Waals surface area contributed by atoms with Crippen molar-refractivity contribution in [2.75, 3.05) is 7.11 Å². The summed E-state index contributed by atoms with van der Waals surface area (Å²) in [6, 6.07) is 21.3. The number of ether oxygens (including phenoxy) is 2. The molecule has 0 radical (unpaired) electrons. The first kappa shape index (κ1) is 17.1. The Kier molecular flexibility index (Phi) is 5.16. The number of methoxy groups -OCH3 is 1. The smallest absolute Gasteiger partial charge is 0.145 e. The summed E-state index contributed by atoms with van der Waals surface area (Å²) in [5.74, 6) is 1.80. The summed E-state index contributed by atoms with van der Waals surface area (Å²) in [6.07, 6.45) is 1.58. The second-order valence-corrected chi connectivity index (χ2v) is 5.39. The highest BCUT2D eigenvalue weighted by atomic mass is 16.5. The van der Waals surface area contributed by atoms with E-state index in [-0.39, 0.29) is 5.75 Å². The summed E-state index contributed by atoms with van der Waals surface area (Å²) >= 11 is 0. The predicted octanol–water partition coefficient (Wildman–Crippen LogP) is 4.82. The van der Waals surface area contributed by atoms with E-state index in [1.54, 1.807) is 67.9 Å². The number of para-hydroxylation sites is 1. The number of nitriles is 1. The van der Waals surface area contributed by atoms with Gasteiger partial charge in [-0.3, -0.25) is 4.99 Å². The Balaban J connectivity index is 1.73. The number of aromatic hydroxyl groups is 1. The third-order valence-electron chi connectivity index (χ3n) is 3.66. The minimum Gasteiger partial charge on any atom is -0.507 e. The van der Waals surface area contributed by atoms with Crippen LogP contribution in [0.15, 0.2) is 71.7 Å². The summed E-state index contributed by atoms with van der Waals surface area (Å²) in [4.78, 5) is 4.34. The van der Waals surface area contributed by atoms with Gasteiger partial charge in [-0.05, 0) is 48.5 Å². The van der Waals surface area contributed by atoms with Gasteiger partial charge in [0.25, 0.3) is 0 Å². The molecule has 0 atom stereocenters. The van der Waals surface area contributed by atoms with Crippen LogP contribution in [0.2, 0.25) is 0 Å². The predicted molar refractivity (Wildman–Crippen MR) is 99.6 cm³/mol. The molecule has 3 aromatic carbocycles. The van der Waals surface area contributed by atoms with Gasteiger partial charge in [0.15, 0.2) is 0 Å². The lowest BCUT2D eigenvalue weighted by atomic mass is 10.2. The summed E-state index contributed by atoms with van der Waals surface area (Å²) in [6.45, 7) is 0. The second-order valence-electron chi connectivity index (χ2n) is 5.39. The first-order valence-electron chi connectivity index (χ1n) is 7.88. The van der Waals surface area contributed by atoms with Crippen molar-refractivity contribution < 1.29 is 14.6 Å². The van der Waals surface area contributed by atoms with Crippen molar-refractivity contribution in [3.8, 4) is 29.1 Å². The quantitative estimate of drug-likeness (QED) is 0.674. The van der Waals surface area contributed by atoms with Gasteiger partial charge in [-0.15, -0.1) is 0 Å². The maximum Gasteiger partial charge on any atom is 0.145 e. The average Bonchev–Trinajstić information content (AvgIpc) is 2.68. The fourth-order valence-corrected chi connectivity index (χ4v) is 2.28. The molecular weight excluding hydrogens is 328 g/mol. The topological polar surface area (TPSA) is 74.8 Å². The lowest BCUT2D eigenvalue weighted by Gasteiger charge is -2.07. The largest absolute Gasteiger partial charge is 0.507 e. The molecule has 3 aromatic rings. The molecule has 0 aliphatic carbocycles. The molecule has 0 saturated carbocycles. The molecular formula is C21H16N2O3. The van der Waals surface area contributed by atoms with Crippen LogP contribution in [0, 0.1) is 11.3 Å². The summed E-state index contributed by atoms with van der Waals surface area (Å²) in [7, 11) is 1.54. The number of benzene rings is 3. The van der Waals surface area contributed by atoms with Crippen LogP contribution in [-0.4, -0.2) is 18.4 Å². The SMILES string of the molecule is COc1ccc(C=Nc2ccc(Oc3ccccc3C#N)cc2)c(O)c1. The molecule has 0 saturated heterocycles. The van der Waals surface area contributed by atoms with Crippen molar-refractivity contribution in [2.45, 2.75) is 0 Å². The van der Waals surface area contributed by atoms with Crippen LogP contribution >= 0.6 is 0 Å². The molecule has 0 heterocycles. The van der Waals surface area contributed by atoms with Crippen LogP contribution in [0.5, 0.6) is 23.0 Å². The van der Waals surface area contributed by atoms with Gasteiger partial charge in [0.1, 0.15) is 29.1 Å². The standard InChI is InChI=1S/C21H16N2O3/c1-25-19-9-6-16(20(24)12-19)14-23-17-7-10-18(11-8-17)26-21-5-3-2-4-15(21)13-22/h2-12,14,24H,1H3. The number of rotatable bonds is 5. The number of phenols is 1. The molecule has 0 spiro atoms. The fraction of sp³-hybridized carbons (Fsp3) is 0.0476. The number of aliphatic imine (C=N–C) groups is 1. The first-order valence-corrected chi connectivity index (χ1v) is 7.88. The van der Waals surface area contributed by atoms with Crippen molar-refractivity contribution >= 4 is 11.9 Å². The van der Waals surface area contributed by atoms with Gasteiger partial charge < -0.3 is 14.6 Å². The van der Waals surface area contributed by atoms with Crippen LogP contribution in [0.1, 0.15) is 11.1 Å². The Labute approximate surface area is 151 Å². The van der Waals surface area contributed by atoms with Crippen LogP contribution in [0.3, 0.4) is 0 Å². The first-order chi connectivity index (χ1) is 12.7. The van der Waals surface area contributed by atoms with E-state index in [4.69, 9.17) is 14.7 Å². The second kappa shape index (κ2) is 7.86. The van der Waals surface area contributed by atoms with E-state index in [1.807, 2.05) is 6.07 Å². The van der Waals surface area contributed by atoms with Gasteiger partial charge in [-0.25, -0.2) is 0 Å². The maximum absolute atomic E-state index is 9.94. The van der Waals surface area contributed by atoms with Crippen molar-refractivity contribution in [1.29, 1.82) is 5.26 Å². The third-order valence-corrected chi connectivity index (χ3v) is 3.66. The van der Waals surface area contributed by atoms with E-state index >= 15 is 0 Å². The molecule has 5 nitrogen and oxygen atoms in total. The minimum absolute atomic E-state index is 0.0983. The van der Waals surface area contributed by atoms with E-state index in [2.05, 4.69) is 11.1 Å². The fourth-order valence-electron chi connectivity index (χ4n) is 2.28. The molecule has 0 aromatic heterocycles. The van der Waals surface area contributed by atoms with E-state index in [0.717, 1.165) is 0 Å². The highest BCUT2D eigenvalue weighted by Crippen LogP contribution is 2.27. The van der Waals surface area contributed by atoms with Crippen molar-refractivity contribution in [2.24, 2.45) is 4.99 Å². The molecule has 0 amide bonds. The van der Waals surface area contributed by atoms with Gasteiger partial charge in [-0.2, -0.15) is 5.26 Å². The lowest BCUT2D eigenvalue weighted by Crippen LogP contribution is -1.87. The lowest BCUT2D eigenvalue weighted by molar-refractivity contribution is 0.407. The molecule has 128 valence electrons. The van der Waals surface area contributed by atoms with Crippen molar-refractivity contribution in [3.05, 3.63) is 77.9 Å². The molecule has 26 heavy (non-hydrogen) atoms. The zero-order valence-corrected chi connectivity index (χ0v) is 14.1. The minimum atomic E-state index is 0.0983. The van der Waals surface area contributed by atoms with E-state index in [1.165, 1.54) is 6.07 Å².